The third-order valence-electron chi connectivity index (χ3n) is 4.16. The Hall–Kier alpha value is -2.78. The van der Waals surface area contributed by atoms with Crippen molar-refractivity contribution < 1.29 is 27.4 Å². The number of carbonyl (C=O) groups excluding carboxylic acids is 1. The molecule has 9 heteroatoms. The Morgan fingerprint density at radius 2 is 1.85 bits per heavy atom. The molecule has 1 unspecified atom stereocenters. The molecule has 1 heterocycles. The molecule has 0 fully saturated rings. The van der Waals surface area contributed by atoms with Crippen molar-refractivity contribution in [3.8, 4) is 17.2 Å². The van der Waals surface area contributed by atoms with Crippen molar-refractivity contribution in [2.24, 2.45) is 5.14 Å². The van der Waals surface area contributed by atoms with Gasteiger partial charge in [0.15, 0.2) is 11.5 Å². The molecule has 3 N–H and O–H groups in total. The topological polar surface area (TPSA) is 117 Å². The van der Waals surface area contributed by atoms with E-state index in [1.54, 1.807) is 19.1 Å². The maximum Gasteiger partial charge on any atom is 0.255 e. The number of carbonyl (C=O) groups is 1. The summed E-state index contributed by atoms with van der Waals surface area (Å²) in [4.78, 5) is 12.5. The van der Waals surface area contributed by atoms with Crippen LogP contribution < -0.4 is 24.7 Å². The fourth-order valence-corrected chi connectivity index (χ4v) is 3.27. The summed E-state index contributed by atoms with van der Waals surface area (Å²) in [5.74, 6) is 1.04. The number of primary sulfonamides is 1. The smallest absolute Gasteiger partial charge is 0.255 e. The molecule has 0 aromatic heterocycles. The molecule has 0 saturated carbocycles. The molecule has 2 aromatic rings. The van der Waals surface area contributed by atoms with E-state index in [4.69, 9.17) is 19.3 Å². The van der Waals surface area contributed by atoms with E-state index >= 15 is 0 Å². The number of sulfonamides is 1. The quantitative estimate of drug-likeness (QED) is 0.798. The van der Waals surface area contributed by atoms with E-state index in [9.17, 15) is 13.2 Å². The van der Waals surface area contributed by atoms with Crippen LogP contribution in [0.2, 0.25) is 0 Å². The first-order valence-corrected chi connectivity index (χ1v) is 9.75. The molecular weight excluding hydrogens is 372 g/mol. The van der Waals surface area contributed by atoms with Crippen LogP contribution >= 0.6 is 0 Å². The van der Waals surface area contributed by atoms with Gasteiger partial charge in [0, 0.05) is 0 Å². The Bertz CT molecular complexity index is 974. The molecule has 0 radical (unpaired) electrons. The van der Waals surface area contributed by atoms with Crippen molar-refractivity contribution >= 4 is 15.9 Å². The largest absolute Gasteiger partial charge is 0.496 e. The minimum atomic E-state index is -3.94. The zero-order valence-corrected chi connectivity index (χ0v) is 15.7. The van der Waals surface area contributed by atoms with E-state index in [1.165, 1.54) is 25.3 Å². The maximum absolute atomic E-state index is 12.7. The van der Waals surface area contributed by atoms with Gasteiger partial charge in [-0.1, -0.05) is 6.07 Å². The first kappa shape index (κ1) is 19.0. The average molecular weight is 392 g/mol. The Balaban J connectivity index is 1.84. The second-order valence-electron chi connectivity index (χ2n) is 6.01. The van der Waals surface area contributed by atoms with Crippen LogP contribution in [0, 0.1) is 0 Å². The minimum Gasteiger partial charge on any atom is -0.496 e. The summed E-state index contributed by atoms with van der Waals surface area (Å²) in [7, 11) is -2.54. The number of rotatable bonds is 5. The first-order chi connectivity index (χ1) is 12.8. The van der Waals surface area contributed by atoms with Crippen LogP contribution in [0.1, 0.15) is 28.9 Å². The molecule has 2 aromatic carbocycles. The van der Waals surface area contributed by atoms with Crippen LogP contribution in [0.4, 0.5) is 0 Å². The minimum absolute atomic E-state index is 0.0772. The van der Waals surface area contributed by atoms with E-state index in [-0.39, 0.29) is 22.3 Å². The number of hydrogen-bond acceptors (Lipinski definition) is 6. The molecule has 0 aliphatic carbocycles. The fraction of sp³-hybridized carbons (Fsp3) is 0.278. The zero-order chi connectivity index (χ0) is 19.6. The van der Waals surface area contributed by atoms with Crippen molar-refractivity contribution in [1.29, 1.82) is 0 Å². The van der Waals surface area contributed by atoms with Crippen LogP contribution in [-0.4, -0.2) is 34.6 Å². The van der Waals surface area contributed by atoms with Gasteiger partial charge in [-0.2, -0.15) is 0 Å². The van der Waals surface area contributed by atoms with Gasteiger partial charge in [-0.15, -0.1) is 0 Å². The monoisotopic (exact) mass is 392 g/mol. The summed E-state index contributed by atoms with van der Waals surface area (Å²) < 4.78 is 39.3. The van der Waals surface area contributed by atoms with Crippen molar-refractivity contribution in [1.82, 2.24) is 5.32 Å². The SMILES string of the molecule is COc1ccc(S(N)(=O)=O)cc1C(=O)NC(C)c1ccc2c(c1)OCCO2. The van der Waals surface area contributed by atoms with E-state index in [1.807, 2.05) is 6.07 Å². The average Bonchev–Trinajstić information content (AvgIpc) is 2.66. The molecule has 27 heavy (non-hydrogen) atoms. The normalized spacial score (nSPS) is 14.3. The van der Waals surface area contributed by atoms with Crippen LogP contribution in [0.3, 0.4) is 0 Å². The van der Waals surface area contributed by atoms with Gasteiger partial charge in [0.05, 0.1) is 23.6 Å². The van der Waals surface area contributed by atoms with Gasteiger partial charge in [0.1, 0.15) is 19.0 Å². The van der Waals surface area contributed by atoms with Crippen LogP contribution in [0.15, 0.2) is 41.3 Å². The van der Waals surface area contributed by atoms with Crippen LogP contribution in [0.25, 0.3) is 0 Å². The predicted octanol–water partition coefficient (Wildman–Crippen LogP) is 1.60. The molecule has 1 atom stereocenters. The van der Waals surface area contributed by atoms with Crippen molar-refractivity contribution in [3.63, 3.8) is 0 Å². The van der Waals surface area contributed by atoms with Crippen molar-refractivity contribution in [2.45, 2.75) is 17.9 Å². The standard InChI is InChI=1S/C18H20N2O6S/c1-11(12-3-5-16-17(9-12)26-8-7-25-16)20-18(21)14-10-13(27(19,22)23)4-6-15(14)24-2/h3-6,9-11H,7-8H2,1-2H3,(H,20,21)(H2,19,22,23). The lowest BCUT2D eigenvalue weighted by Crippen LogP contribution is -2.27. The van der Waals surface area contributed by atoms with Gasteiger partial charge in [-0.25, -0.2) is 13.6 Å². The molecule has 1 aliphatic rings. The molecule has 3 rings (SSSR count). The lowest BCUT2D eigenvalue weighted by molar-refractivity contribution is 0.0936. The maximum atomic E-state index is 12.7. The number of methoxy groups -OCH3 is 1. The first-order valence-electron chi connectivity index (χ1n) is 8.21. The third kappa shape index (κ3) is 4.15. The number of ether oxygens (including phenoxy) is 3. The van der Waals surface area contributed by atoms with Gasteiger partial charge >= 0.3 is 0 Å². The number of nitrogens with one attached hydrogen (secondary N) is 1. The highest BCUT2D eigenvalue weighted by atomic mass is 32.2. The molecule has 0 bridgehead atoms. The molecule has 8 nitrogen and oxygen atoms in total. The second kappa shape index (κ2) is 7.45. The Morgan fingerprint density at radius 1 is 1.15 bits per heavy atom. The van der Waals surface area contributed by atoms with Gasteiger partial charge in [-0.05, 0) is 42.8 Å². The Labute approximate surface area is 157 Å². The molecule has 0 spiro atoms. The number of fused-ring (bicyclic) bond motifs is 1. The summed E-state index contributed by atoms with van der Waals surface area (Å²) in [5.41, 5.74) is 0.891. The number of nitrogens with two attached hydrogens (primary N) is 1. The fourth-order valence-electron chi connectivity index (χ4n) is 2.73. The summed E-state index contributed by atoms with van der Waals surface area (Å²) in [5, 5.41) is 7.97. The van der Waals surface area contributed by atoms with Gasteiger partial charge in [0.25, 0.3) is 5.91 Å². The lowest BCUT2D eigenvalue weighted by Gasteiger charge is -2.21. The van der Waals surface area contributed by atoms with Crippen molar-refractivity contribution in [3.05, 3.63) is 47.5 Å². The van der Waals surface area contributed by atoms with Gasteiger partial charge < -0.3 is 19.5 Å². The van der Waals surface area contributed by atoms with E-state index in [0.717, 1.165) is 5.56 Å². The molecule has 1 aliphatic heterocycles. The zero-order valence-electron chi connectivity index (χ0n) is 14.9. The van der Waals surface area contributed by atoms with Crippen molar-refractivity contribution in [2.75, 3.05) is 20.3 Å². The third-order valence-corrected chi connectivity index (χ3v) is 5.07. The molecule has 1 amide bonds. The van der Waals surface area contributed by atoms with Gasteiger partial charge in [0.2, 0.25) is 10.0 Å². The number of hydrogen-bond donors (Lipinski definition) is 2. The predicted molar refractivity (Wildman–Crippen MR) is 97.7 cm³/mol. The summed E-state index contributed by atoms with van der Waals surface area (Å²) in [6, 6.07) is 8.93. The summed E-state index contributed by atoms with van der Waals surface area (Å²) in [6.07, 6.45) is 0. The summed E-state index contributed by atoms with van der Waals surface area (Å²) in [6.45, 7) is 2.77. The van der Waals surface area contributed by atoms with Crippen LogP contribution in [-0.2, 0) is 10.0 Å². The van der Waals surface area contributed by atoms with E-state index < -0.39 is 15.9 Å². The molecular formula is C18H20N2O6S. The number of amides is 1. The second-order valence-corrected chi connectivity index (χ2v) is 7.57. The van der Waals surface area contributed by atoms with E-state index in [2.05, 4.69) is 5.32 Å². The highest BCUT2D eigenvalue weighted by Crippen LogP contribution is 2.32. The highest BCUT2D eigenvalue weighted by molar-refractivity contribution is 7.89. The van der Waals surface area contributed by atoms with Gasteiger partial charge in [-0.3, -0.25) is 4.79 Å². The number of benzene rings is 2. The Morgan fingerprint density at radius 3 is 2.52 bits per heavy atom. The van der Waals surface area contributed by atoms with Crippen LogP contribution in [0.5, 0.6) is 17.2 Å². The van der Waals surface area contributed by atoms with E-state index in [0.29, 0.717) is 24.7 Å². The summed E-state index contributed by atoms with van der Waals surface area (Å²) >= 11 is 0. The molecule has 0 saturated heterocycles. The molecule has 144 valence electrons. The lowest BCUT2D eigenvalue weighted by atomic mass is 10.1. The Kier molecular flexibility index (Phi) is 5.24. The highest BCUT2D eigenvalue weighted by Gasteiger charge is 2.20.